The molecule has 0 aliphatic carbocycles. The van der Waals surface area contributed by atoms with Gasteiger partial charge in [0.1, 0.15) is 5.75 Å². The summed E-state index contributed by atoms with van der Waals surface area (Å²) in [5.41, 5.74) is 6.89. The minimum absolute atomic E-state index is 0.580. The molecule has 6 nitrogen and oxygen atoms in total. The summed E-state index contributed by atoms with van der Waals surface area (Å²) >= 11 is 15.7. The van der Waals surface area contributed by atoms with Gasteiger partial charge < -0.3 is 20.3 Å². The Hall–Kier alpha value is -2.16. The summed E-state index contributed by atoms with van der Waals surface area (Å²) in [6.45, 7) is 3.37. The molecule has 0 unspecified atom stereocenters. The van der Waals surface area contributed by atoms with Crippen LogP contribution in [0, 0.1) is 0 Å². The molecule has 160 valence electrons. The molecule has 2 aromatic rings. The Labute approximate surface area is 193 Å². The zero-order valence-corrected chi connectivity index (χ0v) is 19.0. The lowest BCUT2D eigenvalue weighted by atomic mass is 10.2. The van der Waals surface area contributed by atoms with Crippen LogP contribution < -0.4 is 19.7 Å². The number of amides is 2. The van der Waals surface area contributed by atoms with Gasteiger partial charge in [0.15, 0.2) is 5.11 Å². The maximum atomic E-state index is 11.2. The van der Waals surface area contributed by atoms with Crippen LogP contribution in [0.1, 0.15) is 19.3 Å². The second-order valence-electron chi connectivity index (χ2n) is 6.95. The van der Waals surface area contributed by atoms with Crippen molar-refractivity contribution in [1.29, 1.82) is 0 Å². The molecule has 30 heavy (non-hydrogen) atoms. The van der Waals surface area contributed by atoms with Crippen LogP contribution in [0.25, 0.3) is 0 Å². The third kappa shape index (κ3) is 5.93. The number of thiocarbonyl (C=S) groups is 1. The number of carbonyl (C=O) groups excluding carboxylic acids is 1. The van der Waals surface area contributed by atoms with E-state index in [0.717, 1.165) is 59.0 Å². The summed E-state index contributed by atoms with van der Waals surface area (Å²) in [4.78, 5) is 15.6. The molecule has 1 aliphatic rings. The number of anilines is 2. The Kier molecular flexibility index (Phi) is 8.07. The van der Waals surface area contributed by atoms with E-state index >= 15 is 0 Å². The maximum absolute atomic E-state index is 11.2. The summed E-state index contributed by atoms with van der Waals surface area (Å²) in [6.07, 6.45) is 3.02. The second kappa shape index (κ2) is 10.7. The van der Waals surface area contributed by atoms with Crippen LogP contribution in [0.2, 0.25) is 5.02 Å². The van der Waals surface area contributed by atoms with Crippen molar-refractivity contribution >= 4 is 59.2 Å². The molecule has 3 rings (SSSR count). The topological polar surface area (TPSA) is 62.0 Å². The molecule has 9 heteroatoms. The molecule has 0 radical (unpaired) electrons. The van der Waals surface area contributed by atoms with Crippen LogP contribution in [-0.4, -0.2) is 42.3 Å². The third-order valence-corrected chi connectivity index (χ3v) is 6.00. The van der Waals surface area contributed by atoms with Crippen molar-refractivity contribution in [2.24, 2.45) is 5.73 Å². The van der Waals surface area contributed by atoms with Crippen LogP contribution in [0.3, 0.4) is 0 Å². The number of unbranched alkanes of at least 4 members (excludes halogenated alkanes) is 2. The van der Waals surface area contributed by atoms with Gasteiger partial charge in [0, 0.05) is 36.4 Å². The monoisotopic (exact) mass is 464 g/mol. The summed E-state index contributed by atoms with van der Waals surface area (Å²) in [5.74, 6) is 0.687. The number of hydrogen-bond acceptors (Lipinski definition) is 4. The van der Waals surface area contributed by atoms with Crippen molar-refractivity contribution in [3.63, 3.8) is 0 Å². The minimum Gasteiger partial charge on any atom is -0.494 e. The summed E-state index contributed by atoms with van der Waals surface area (Å²) in [6, 6.07) is 14.3. The first-order valence-corrected chi connectivity index (χ1v) is 11.0. The number of rotatable bonds is 9. The van der Waals surface area contributed by atoms with Gasteiger partial charge >= 0.3 is 6.03 Å². The Morgan fingerprint density at radius 1 is 1.17 bits per heavy atom. The second-order valence-corrected chi connectivity index (χ2v) is 8.16. The van der Waals surface area contributed by atoms with E-state index in [4.69, 9.17) is 34.3 Å². The molecular formula is C21H25ClN4O2S2. The summed E-state index contributed by atoms with van der Waals surface area (Å²) < 4.78 is 6.87. The number of benzene rings is 2. The minimum atomic E-state index is -0.634. The Bertz CT molecular complexity index is 882. The molecule has 2 amide bonds. The molecule has 0 aromatic heterocycles. The van der Waals surface area contributed by atoms with E-state index in [1.807, 2.05) is 30.3 Å². The van der Waals surface area contributed by atoms with Gasteiger partial charge in [-0.25, -0.2) is 9.10 Å². The average molecular weight is 465 g/mol. The average Bonchev–Trinajstić information content (AvgIpc) is 3.11. The summed E-state index contributed by atoms with van der Waals surface area (Å²) in [7, 11) is 0. The Balaban J connectivity index is 1.36. The van der Waals surface area contributed by atoms with E-state index in [1.54, 1.807) is 18.2 Å². The van der Waals surface area contributed by atoms with Gasteiger partial charge in [-0.05, 0) is 67.9 Å². The fourth-order valence-corrected chi connectivity index (χ4v) is 3.88. The highest BCUT2D eigenvalue weighted by molar-refractivity contribution is 7.82. The van der Waals surface area contributed by atoms with Gasteiger partial charge in [-0.3, -0.25) is 0 Å². The van der Waals surface area contributed by atoms with E-state index in [1.165, 1.54) is 0 Å². The number of halogens is 1. The first kappa shape index (κ1) is 22.5. The lowest BCUT2D eigenvalue weighted by molar-refractivity contribution is 0.257. The third-order valence-electron chi connectivity index (χ3n) is 4.85. The van der Waals surface area contributed by atoms with E-state index in [9.17, 15) is 4.79 Å². The van der Waals surface area contributed by atoms with Gasteiger partial charge in [0.2, 0.25) is 0 Å². The SMILES string of the molecule is NC(=O)N(S)c1cccc(OCCCCCN2CCN(c3ccc(Cl)cc3)C2=S)c1. The number of ether oxygens (including phenoxy) is 1. The Morgan fingerprint density at radius 2 is 1.93 bits per heavy atom. The van der Waals surface area contributed by atoms with Crippen LogP contribution >= 0.6 is 36.6 Å². The highest BCUT2D eigenvalue weighted by atomic mass is 35.5. The quantitative estimate of drug-likeness (QED) is 0.319. The number of nitrogens with two attached hydrogens (primary N) is 1. The summed E-state index contributed by atoms with van der Waals surface area (Å²) in [5, 5.41) is 1.60. The standard InChI is InChI=1S/C21H25ClN4O2S2/c22-16-7-9-17(10-8-16)25-13-12-24(21(25)29)11-2-1-3-14-28-19-6-4-5-18(15-19)26(30)20(23)27/h4-10,15,30H,1-3,11-14H2,(H2,23,27). The normalized spacial score (nSPS) is 13.6. The molecule has 0 spiro atoms. The molecule has 2 aromatic carbocycles. The van der Waals surface area contributed by atoms with Gasteiger partial charge in [0.05, 0.1) is 12.3 Å². The van der Waals surface area contributed by atoms with Crippen LogP contribution in [-0.2, 0) is 0 Å². The smallest absolute Gasteiger partial charge is 0.329 e. The molecule has 2 N–H and O–H groups in total. The van der Waals surface area contributed by atoms with Crippen molar-refractivity contribution < 1.29 is 9.53 Å². The van der Waals surface area contributed by atoms with Crippen LogP contribution in [0.15, 0.2) is 48.5 Å². The maximum Gasteiger partial charge on any atom is 0.329 e. The van der Waals surface area contributed by atoms with Gasteiger partial charge in [0.25, 0.3) is 0 Å². The fourth-order valence-electron chi connectivity index (χ4n) is 3.25. The highest BCUT2D eigenvalue weighted by Crippen LogP contribution is 2.24. The van der Waals surface area contributed by atoms with Crippen molar-refractivity contribution in [3.05, 3.63) is 53.6 Å². The fraction of sp³-hybridized carbons (Fsp3) is 0.333. The molecular weight excluding hydrogens is 440 g/mol. The number of urea groups is 1. The number of nitrogens with zero attached hydrogens (tertiary/aromatic N) is 3. The first-order chi connectivity index (χ1) is 14.5. The van der Waals surface area contributed by atoms with Gasteiger partial charge in [-0.1, -0.05) is 30.5 Å². The van der Waals surface area contributed by atoms with Crippen molar-refractivity contribution in [2.45, 2.75) is 19.3 Å². The molecule has 0 bridgehead atoms. The van der Waals surface area contributed by atoms with Crippen molar-refractivity contribution in [2.75, 3.05) is 35.4 Å². The molecule has 0 atom stereocenters. The van der Waals surface area contributed by atoms with Crippen molar-refractivity contribution in [1.82, 2.24) is 4.90 Å². The van der Waals surface area contributed by atoms with Crippen LogP contribution in [0.5, 0.6) is 5.75 Å². The van der Waals surface area contributed by atoms with E-state index in [0.29, 0.717) is 18.0 Å². The largest absolute Gasteiger partial charge is 0.494 e. The first-order valence-electron chi connectivity index (χ1n) is 9.79. The highest BCUT2D eigenvalue weighted by Gasteiger charge is 2.25. The van der Waals surface area contributed by atoms with E-state index in [-0.39, 0.29) is 0 Å². The van der Waals surface area contributed by atoms with E-state index < -0.39 is 6.03 Å². The Morgan fingerprint density at radius 3 is 2.67 bits per heavy atom. The number of primary amides is 1. The predicted octanol–water partition coefficient (Wildman–Crippen LogP) is 4.73. The molecule has 1 fully saturated rings. The molecule has 1 aliphatic heterocycles. The molecule has 1 heterocycles. The zero-order chi connectivity index (χ0) is 21.5. The lowest BCUT2D eigenvalue weighted by Crippen LogP contribution is -2.32. The molecule has 0 saturated carbocycles. The van der Waals surface area contributed by atoms with Crippen LogP contribution in [0.4, 0.5) is 16.2 Å². The number of thiol groups is 1. The van der Waals surface area contributed by atoms with Gasteiger partial charge in [-0.2, -0.15) is 0 Å². The van der Waals surface area contributed by atoms with E-state index in [2.05, 4.69) is 22.6 Å². The van der Waals surface area contributed by atoms with Crippen molar-refractivity contribution in [3.8, 4) is 5.75 Å². The lowest BCUT2D eigenvalue weighted by Gasteiger charge is -2.22. The van der Waals surface area contributed by atoms with Gasteiger partial charge in [-0.15, -0.1) is 0 Å². The zero-order valence-electron chi connectivity index (χ0n) is 16.5. The number of hydrogen-bond donors (Lipinski definition) is 2. The predicted molar refractivity (Wildman–Crippen MR) is 130 cm³/mol. The molecule has 1 saturated heterocycles. The number of carbonyl (C=O) groups is 1.